The van der Waals surface area contributed by atoms with Gasteiger partial charge in [-0.15, -0.1) is 0 Å². The fourth-order valence-electron chi connectivity index (χ4n) is 1.39. The second-order valence-corrected chi connectivity index (χ2v) is 3.85. The van der Waals surface area contributed by atoms with Gasteiger partial charge in [0.25, 0.3) is 5.56 Å². The highest BCUT2D eigenvalue weighted by Crippen LogP contribution is 2.13. The summed E-state index contributed by atoms with van der Waals surface area (Å²) in [5.74, 6) is 0. The van der Waals surface area contributed by atoms with E-state index in [-0.39, 0.29) is 10.7 Å². The minimum atomic E-state index is -0.410. The SMILES string of the molecule is Cc1cccc(-n2ncc(N)c(Cl)c2=O)c1. The number of rotatable bonds is 1. The molecule has 0 aliphatic rings. The Labute approximate surface area is 97.3 Å². The molecule has 1 aromatic carbocycles. The number of halogens is 1. The third kappa shape index (κ3) is 1.79. The lowest BCUT2D eigenvalue weighted by Crippen LogP contribution is -2.22. The summed E-state index contributed by atoms with van der Waals surface area (Å²) in [7, 11) is 0. The molecule has 0 radical (unpaired) electrons. The summed E-state index contributed by atoms with van der Waals surface area (Å²) >= 11 is 5.77. The average molecular weight is 236 g/mol. The molecule has 0 spiro atoms. The predicted octanol–water partition coefficient (Wildman–Crippen LogP) is 1.78. The van der Waals surface area contributed by atoms with E-state index >= 15 is 0 Å². The van der Waals surface area contributed by atoms with Gasteiger partial charge in [-0.1, -0.05) is 23.7 Å². The van der Waals surface area contributed by atoms with Gasteiger partial charge in [0.1, 0.15) is 5.02 Å². The third-order valence-electron chi connectivity index (χ3n) is 2.19. The summed E-state index contributed by atoms with van der Waals surface area (Å²) in [6, 6.07) is 7.42. The van der Waals surface area contributed by atoms with Gasteiger partial charge in [0.2, 0.25) is 0 Å². The summed E-state index contributed by atoms with van der Waals surface area (Å²) in [5.41, 5.74) is 6.98. The molecule has 1 aromatic heterocycles. The normalized spacial score (nSPS) is 10.4. The molecule has 2 N–H and O–H groups in total. The van der Waals surface area contributed by atoms with Gasteiger partial charge in [0.15, 0.2) is 0 Å². The number of hydrogen-bond acceptors (Lipinski definition) is 3. The van der Waals surface area contributed by atoms with Crippen molar-refractivity contribution in [3.05, 3.63) is 51.4 Å². The fraction of sp³-hybridized carbons (Fsp3) is 0.0909. The molecule has 5 heteroatoms. The number of nitrogens with zero attached hydrogens (tertiary/aromatic N) is 2. The van der Waals surface area contributed by atoms with Gasteiger partial charge in [0.05, 0.1) is 17.6 Å². The van der Waals surface area contributed by atoms with E-state index in [0.717, 1.165) is 5.56 Å². The molecule has 1 heterocycles. The van der Waals surface area contributed by atoms with Gasteiger partial charge in [-0.05, 0) is 24.6 Å². The summed E-state index contributed by atoms with van der Waals surface area (Å²) in [6.07, 6.45) is 1.37. The Morgan fingerprint density at radius 3 is 2.88 bits per heavy atom. The first-order valence-corrected chi connectivity index (χ1v) is 5.08. The highest BCUT2D eigenvalue weighted by molar-refractivity contribution is 6.32. The number of hydrogen-bond donors (Lipinski definition) is 1. The van der Waals surface area contributed by atoms with Crippen LogP contribution < -0.4 is 11.3 Å². The lowest BCUT2D eigenvalue weighted by atomic mass is 10.2. The van der Waals surface area contributed by atoms with Crippen molar-refractivity contribution < 1.29 is 0 Å². The molecular formula is C11H10ClN3O. The molecule has 0 saturated heterocycles. The molecule has 4 nitrogen and oxygen atoms in total. The molecule has 0 amide bonds. The molecule has 82 valence electrons. The van der Waals surface area contributed by atoms with Gasteiger partial charge in [-0.25, -0.2) is 0 Å². The second-order valence-electron chi connectivity index (χ2n) is 3.47. The molecule has 0 fully saturated rings. The minimum absolute atomic E-state index is 0.00324. The first kappa shape index (κ1) is 10.7. The Bertz CT molecular complexity index is 592. The fourth-order valence-corrected chi connectivity index (χ4v) is 1.52. The maximum Gasteiger partial charge on any atom is 0.292 e. The molecule has 16 heavy (non-hydrogen) atoms. The first-order chi connectivity index (χ1) is 7.59. The van der Waals surface area contributed by atoms with Crippen LogP contribution in [0.3, 0.4) is 0 Å². The van der Waals surface area contributed by atoms with Crippen LogP contribution in [0.4, 0.5) is 5.69 Å². The number of nitrogen functional groups attached to an aromatic ring is 1. The van der Waals surface area contributed by atoms with Crippen LogP contribution in [0, 0.1) is 6.92 Å². The van der Waals surface area contributed by atoms with Crippen LogP contribution in [0.5, 0.6) is 0 Å². The van der Waals surface area contributed by atoms with E-state index in [1.165, 1.54) is 10.9 Å². The smallest absolute Gasteiger partial charge is 0.292 e. The molecule has 0 bridgehead atoms. The van der Waals surface area contributed by atoms with Crippen molar-refractivity contribution in [2.75, 3.05) is 5.73 Å². The van der Waals surface area contributed by atoms with Crippen LogP contribution in [0.2, 0.25) is 5.02 Å². The van der Waals surface area contributed by atoms with Crippen molar-refractivity contribution in [2.45, 2.75) is 6.92 Å². The number of aromatic nitrogens is 2. The molecule has 0 aliphatic heterocycles. The monoisotopic (exact) mass is 235 g/mol. The Hall–Kier alpha value is -1.81. The lowest BCUT2D eigenvalue weighted by molar-refractivity contribution is 0.808. The molecule has 0 unspecified atom stereocenters. The second kappa shape index (κ2) is 3.98. The zero-order valence-corrected chi connectivity index (χ0v) is 9.40. The molecular weight excluding hydrogens is 226 g/mol. The van der Waals surface area contributed by atoms with E-state index < -0.39 is 5.56 Å². The van der Waals surface area contributed by atoms with Crippen molar-refractivity contribution in [1.82, 2.24) is 9.78 Å². The maximum absolute atomic E-state index is 11.8. The zero-order chi connectivity index (χ0) is 11.7. The van der Waals surface area contributed by atoms with Crippen molar-refractivity contribution >= 4 is 17.3 Å². The predicted molar refractivity (Wildman–Crippen MR) is 64.0 cm³/mol. The third-order valence-corrected chi connectivity index (χ3v) is 2.57. The van der Waals surface area contributed by atoms with E-state index in [2.05, 4.69) is 5.10 Å². The Kier molecular flexibility index (Phi) is 2.66. The standard InChI is InChI=1S/C11H10ClN3O/c1-7-3-2-4-8(5-7)15-11(16)10(12)9(13)6-14-15/h2-6H,13H2,1H3. The lowest BCUT2D eigenvalue weighted by Gasteiger charge is -2.06. The summed E-state index contributed by atoms with van der Waals surface area (Å²) in [5, 5.41) is 3.94. The molecule has 0 aliphatic carbocycles. The van der Waals surface area contributed by atoms with Crippen molar-refractivity contribution in [1.29, 1.82) is 0 Å². The molecule has 0 saturated carbocycles. The van der Waals surface area contributed by atoms with Crippen LogP contribution in [0.15, 0.2) is 35.3 Å². The minimum Gasteiger partial charge on any atom is -0.396 e. The van der Waals surface area contributed by atoms with Gasteiger partial charge >= 0.3 is 0 Å². The quantitative estimate of drug-likeness (QED) is 0.820. The van der Waals surface area contributed by atoms with Gasteiger partial charge in [0, 0.05) is 0 Å². The maximum atomic E-state index is 11.8. The highest BCUT2D eigenvalue weighted by Gasteiger charge is 2.07. The average Bonchev–Trinajstić information content (AvgIpc) is 2.26. The largest absolute Gasteiger partial charge is 0.396 e. The Morgan fingerprint density at radius 1 is 1.44 bits per heavy atom. The summed E-state index contributed by atoms with van der Waals surface area (Å²) in [6.45, 7) is 1.94. The number of nitrogens with two attached hydrogens (primary N) is 1. The van der Waals surface area contributed by atoms with Crippen molar-refractivity contribution in [2.24, 2.45) is 0 Å². The van der Waals surface area contributed by atoms with Crippen LogP contribution >= 0.6 is 11.6 Å². The number of aryl methyl sites for hydroxylation is 1. The van der Waals surface area contributed by atoms with Crippen LogP contribution in [0.25, 0.3) is 5.69 Å². The molecule has 0 atom stereocenters. The first-order valence-electron chi connectivity index (χ1n) is 4.70. The topological polar surface area (TPSA) is 60.9 Å². The Balaban J connectivity index is 2.66. The van der Waals surface area contributed by atoms with Gasteiger partial charge in [-0.3, -0.25) is 4.79 Å². The van der Waals surface area contributed by atoms with E-state index in [4.69, 9.17) is 17.3 Å². The summed E-state index contributed by atoms with van der Waals surface area (Å²) < 4.78 is 1.23. The zero-order valence-electron chi connectivity index (χ0n) is 8.64. The number of anilines is 1. The van der Waals surface area contributed by atoms with Crippen molar-refractivity contribution in [3.63, 3.8) is 0 Å². The molecule has 2 aromatic rings. The van der Waals surface area contributed by atoms with Crippen LogP contribution in [-0.2, 0) is 0 Å². The van der Waals surface area contributed by atoms with Crippen LogP contribution in [-0.4, -0.2) is 9.78 Å². The Morgan fingerprint density at radius 2 is 2.19 bits per heavy atom. The van der Waals surface area contributed by atoms with E-state index in [1.54, 1.807) is 6.07 Å². The summed E-state index contributed by atoms with van der Waals surface area (Å²) in [4.78, 5) is 11.8. The van der Waals surface area contributed by atoms with Gasteiger partial charge in [-0.2, -0.15) is 9.78 Å². The number of benzene rings is 1. The van der Waals surface area contributed by atoms with Crippen LogP contribution in [0.1, 0.15) is 5.56 Å². The van der Waals surface area contributed by atoms with Crippen molar-refractivity contribution in [3.8, 4) is 5.69 Å². The van der Waals surface area contributed by atoms with E-state index in [1.807, 2.05) is 25.1 Å². The van der Waals surface area contributed by atoms with E-state index in [9.17, 15) is 4.79 Å². The van der Waals surface area contributed by atoms with E-state index in [0.29, 0.717) is 5.69 Å². The van der Waals surface area contributed by atoms with Gasteiger partial charge < -0.3 is 5.73 Å². The molecule has 2 rings (SSSR count). The highest BCUT2D eigenvalue weighted by atomic mass is 35.5.